The molecular weight excluding hydrogens is 358 g/mol. The van der Waals surface area contributed by atoms with Gasteiger partial charge >= 0.3 is 0 Å². The predicted molar refractivity (Wildman–Crippen MR) is 112 cm³/mol. The number of nitro benzene ring substituents is 1. The van der Waals surface area contributed by atoms with Crippen LogP contribution in [0.2, 0.25) is 0 Å². The van der Waals surface area contributed by atoms with Crippen LogP contribution in [-0.2, 0) is 11.3 Å². The zero-order valence-electron chi connectivity index (χ0n) is 17.0. The van der Waals surface area contributed by atoms with Gasteiger partial charge in [-0.1, -0.05) is 26.0 Å². The molecule has 0 amide bonds. The van der Waals surface area contributed by atoms with Crippen LogP contribution in [0.15, 0.2) is 29.3 Å². The van der Waals surface area contributed by atoms with Crippen molar-refractivity contribution in [3.63, 3.8) is 0 Å². The van der Waals surface area contributed by atoms with Crippen molar-refractivity contribution in [1.29, 1.82) is 0 Å². The Morgan fingerprint density at radius 1 is 1.21 bits per heavy atom. The first-order valence-corrected chi connectivity index (χ1v) is 10.1. The Bertz CT molecular complexity index is 613. The maximum atomic E-state index is 10.8. The highest BCUT2D eigenvalue weighted by Gasteiger charge is 2.09. The number of hydrogen-bond donors (Lipinski definition) is 2. The topological polar surface area (TPSA) is 92.0 Å². The van der Waals surface area contributed by atoms with Crippen molar-refractivity contribution in [2.45, 2.75) is 33.2 Å². The Balaban J connectivity index is 1.82. The number of hydrogen-bond acceptors (Lipinski definition) is 5. The molecule has 0 atom stereocenters. The van der Waals surface area contributed by atoms with Crippen molar-refractivity contribution in [3.8, 4) is 0 Å². The number of rotatable bonds is 10. The zero-order chi connectivity index (χ0) is 20.2. The van der Waals surface area contributed by atoms with E-state index in [-0.39, 0.29) is 10.6 Å². The van der Waals surface area contributed by atoms with Gasteiger partial charge in [0.15, 0.2) is 5.96 Å². The molecule has 0 bridgehead atoms. The van der Waals surface area contributed by atoms with Crippen LogP contribution in [-0.4, -0.2) is 61.7 Å². The van der Waals surface area contributed by atoms with Gasteiger partial charge in [0.25, 0.3) is 5.69 Å². The molecule has 1 fully saturated rings. The van der Waals surface area contributed by atoms with E-state index in [1.807, 2.05) is 0 Å². The lowest BCUT2D eigenvalue weighted by molar-refractivity contribution is -0.384. The van der Waals surface area contributed by atoms with Gasteiger partial charge in [-0.15, -0.1) is 0 Å². The molecule has 1 aromatic rings. The van der Waals surface area contributed by atoms with Crippen LogP contribution in [0.25, 0.3) is 0 Å². The molecule has 2 N–H and O–H groups in total. The highest BCUT2D eigenvalue weighted by Crippen LogP contribution is 2.12. The average Bonchev–Trinajstić information content (AvgIpc) is 2.69. The fraction of sp³-hybridized carbons (Fsp3) is 0.650. The minimum absolute atomic E-state index is 0.101. The molecule has 1 heterocycles. The van der Waals surface area contributed by atoms with E-state index in [4.69, 9.17) is 4.74 Å². The molecule has 0 aliphatic carbocycles. The quantitative estimate of drug-likeness (QED) is 0.209. The highest BCUT2D eigenvalue weighted by atomic mass is 16.6. The second kappa shape index (κ2) is 12.3. The summed E-state index contributed by atoms with van der Waals surface area (Å²) < 4.78 is 5.38. The van der Waals surface area contributed by atoms with E-state index in [2.05, 4.69) is 34.4 Å². The van der Waals surface area contributed by atoms with Crippen LogP contribution in [0.1, 0.15) is 32.3 Å². The molecular formula is C20H33N5O3. The van der Waals surface area contributed by atoms with Gasteiger partial charge in [-0.3, -0.25) is 15.0 Å². The molecule has 1 saturated heterocycles. The van der Waals surface area contributed by atoms with Gasteiger partial charge < -0.3 is 15.4 Å². The molecule has 8 nitrogen and oxygen atoms in total. The Labute approximate surface area is 167 Å². The zero-order valence-corrected chi connectivity index (χ0v) is 17.0. The standard InChI is InChI=1S/C20H33N5O3/c1-17(2)8-10-22-20(21-9-3-11-24-12-14-28-15-13-24)23-16-18-4-6-19(7-5-18)25(26)27/h4-7,17H,3,8-16H2,1-2H3,(H2,21,22,23). The third-order valence-electron chi connectivity index (χ3n) is 4.63. The van der Waals surface area contributed by atoms with Crippen LogP contribution in [0.5, 0.6) is 0 Å². The number of guanidine groups is 1. The van der Waals surface area contributed by atoms with Gasteiger partial charge in [0.05, 0.1) is 24.7 Å². The molecule has 0 aromatic heterocycles. The summed E-state index contributed by atoms with van der Waals surface area (Å²) in [5.41, 5.74) is 1.05. The van der Waals surface area contributed by atoms with Gasteiger partial charge in [-0.05, 0) is 30.9 Å². The third-order valence-corrected chi connectivity index (χ3v) is 4.63. The second-order valence-corrected chi connectivity index (χ2v) is 7.43. The average molecular weight is 392 g/mol. The lowest BCUT2D eigenvalue weighted by Gasteiger charge is -2.26. The van der Waals surface area contributed by atoms with Gasteiger partial charge in [0, 0.05) is 38.3 Å². The minimum Gasteiger partial charge on any atom is -0.379 e. The first kappa shape index (κ1) is 22.1. The molecule has 0 spiro atoms. The van der Waals surface area contributed by atoms with E-state index in [1.54, 1.807) is 12.1 Å². The molecule has 1 aromatic carbocycles. The molecule has 0 saturated carbocycles. The maximum absolute atomic E-state index is 10.8. The summed E-state index contributed by atoms with van der Waals surface area (Å²) >= 11 is 0. The van der Waals surface area contributed by atoms with Crippen molar-refractivity contribution < 1.29 is 9.66 Å². The Kier molecular flexibility index (Phi) is 9.71. The van der Waals surface area contributed by atoms with E-state index in [0.717, 1.165) is 70.3 Å². The lowest BCUT2D eigenvalue weighted by Crippen LogP contribution is -2.41. The van der Waals surface area contributed by atoms with Crippen LogP contribution in [0, 0.1) is 16.0 Å². The molecule has 1 aliphatic rings. The van der Waals surface area contributed by atoms with Gasteiger partial charge in [0.1, 0.15) is 0 Å². The maximum Gasteiger partial charge on any atom is 0.269 e. The highest BCUT2D eigenvalue weighted by molar-refractivity contribution is 5.79. The smallest absolute Gasteiger partial charge is 0.269 e. The van der Waals surface area contributed by atoms with Gasteiger partial charge in [-0.25, -0.2) is 4.99 Å². The van der Waals surface area contributed by atoms with E-state index in [1.165, 1.54) is 12.1 Å². The number of morpholine rings is 1. The number of aliphatic imine (C=N–C) groups is 1. The molecule has 2 rings (SSSR count). The number of nitrogens with one attached hydrogen (secondary N) is 2. The van der Waals surface area contributed by atoms with Crippen molar-refractivity contribution in [1.82, 2.24) is 15.5 Å². The third kappa shape index (κ3) is 8.67. The number of ether oxygens (including phenoxy) is 1. The molecule has 28 heavy (non-hydrogen) atoms. The first-order valence-electron chi connectivity index (χ1n) is 10.1. The molecule has 0 radical (unpaired) electrons. The molecule has 0 unspecified atom stereocenters. The summed E-state index contributed by atoms with van der Waals surface area (Å²) in [6.07, 6.45) is 2.12. The number of benzene rings is 1. The van der Waals surface area contributed by atoms with Crippen molar-refractivity contribution in [3.05, 3.63) is 39.9 Å². The van der Waals surface area contributed by atoms with Crippen LogP contribution >= 0.6 is 0 Å². The summed E-state index contributed by atoms with van der Waals surface area (Å²) in [5.74, 6) is 1.42. The van der Waals surface area contributed by atoms with Gasteiger partial charge in [0.2, 0.25) is 0 Å². The Morgan fingerprint density at radius 3 is 2.54 bits per heavy atom. The van der Waals surface area contributed by atoms with Crippen molar-refractivity contribution in [2.75, 3.05) is 45.9 Å². The first-order chi connectivity index (χ1) is 13.5. The van der Waals surface area contributed by atoms with Crippen molar-refractivity contribution in [2.24, 2.45) is 10.9 Å². The number of nitro groups is 1. The Morgan fingerprint density at radius 2 is 1.89 bits per heavy atom. The summed E-state index contributed by atoms with van der Waals surface area (Å²) in [6.45, 7) is 11.3. The van der Waals surface area contributed by atoms with Crippen LogP contribution in [0.4, 0.5) is 5.69 Å². The second-order valence-electron chi connectivity index (χ2n) is 7.43. The molecule has 156 valence electrons. The molecule has 1 aliphatic heterocycles. The summed E-state index contributed by atoms with van der Waals surface area (Å²) in [4.78, 5) is 17.4. The predicted octanol–water partition coefficient (Wildman–Crippen LogP) is 2.40. The fourth-order valence-corrected chi connectivity index (χ4v) is 2.88. The minimum atomic E-state index is -0.387. The van der Waals surface area contributed by atoms with E-state index >= 15 is 0 Å². The van der Waals surface area contributed by atoms with Crippen molar-refractivity contribution >= 4 is 11.6 Å². The van der Waals surface area contributed by atoms with Gasteiger partial charge in [-0.2, -0.15) is 0 Å². The van der Waals surface area contributed by atoms with Crippen LogP contribution < -0.4 is 10.6 Å². The summed E-state index contributed by atoms with van der Waals surface area (Å²) in [6, 6.07) is 6.55. The lowest BCUT2D eigenvalue weighted by atomic mass is 10.1. The SMILES string of the molecule is CC(C)CCNC(=NCc1ccc([N+](=O)[O-])cc1)NCCCN1CCOCC1. The summed E-state index contributed by atoms with van der Waals surface area (Å²) in [7, 11) is 0. The molecule has 8 heteroatoms. The normalized spacial score (nSPS) is 15.6. The Hall–Kier alpha value is -2.19. The summed E-state index contributed by atoms with van der Waals surface area (Å²) in [5, 5.41) is 17.6. The number of non-ortho nitro benzene ring substituents is 1. The van der Waals surface area contributed by atoms with E-state index in [9.17, 15) is 10.1 Å². The van der Waals surface area contributed by atoms with E-state index < -0.39 is 0 Å². The fourth-order valence-electron chi connectivity index (χ4n) is 2.88. The monoisotopic (exact) mass is 391 g/mol. The van der Waals surface area contributed by atoms with E-state index in [0.29, 0.717) is 12.5 Å². The largest absolute Gasteiger partial charge is 0.379 e. The number of nitrogens with zero attached hydrogens (tertiary/aromatic N) is 3. The van der Waals surface area contributed by atoms with Crippen LogP contribution in [0.3, 0.4) is 0 Å².